The maximum absolute atomic E-state index is 12.3. The van der Waals surface area contributed by atoms with Gasteiger partial charge in [0.1, 0.15) is 17.3 Å². The fraction of sp³-hybridized carbons (Fsp3) is 0.158. The molecule has 0 aliphatic rings. The second kappa shape index (κ2) is 8.59. The highest BCUT2D eigenvalue weighted by atomic mass is 32.1. The third-order valence-corrected chi connectivity index (χ3v) is 4.33. The molecular weight excluding hydrogens is 372 g/mol. The van der Waals surface area contributed by atoms with Gasteiger partial charge in [-0.2, -0.15) is 13.9 Å². The Balaban J connectivity index is 1.98. The van der Waals surface area contributed by atoms with Crippen molar-refractivity contribution in [2.45, 2.75) is 13.5 Å². The van der Waals surface area contributed by atoms with Crippen molar-refractivity contribution in [2.24, 2.45) is 10.1 Å². The summed E-state index contributed by atoms with van der Waals surface area (Å²) in [5.74, 6) is 1.51. The van der Waals surface area contributed by atoms with Crippen LogP contribution in [0.4, 0.5) is 8.78 Å². The Morgan fingerprint density at radius 1 is 1.26 bits per heavy atom. The van der Waals surface area contributed by atoms with Crippen LogP contribution in [-0.2, 0) is 0 Å². The zero-order valence-corrected chi connectivity index (χ0v) is 15.3. The van der Waals surface area contributed by atoms with E-state index in [2.05, 4.69) is 21.4 Å². The van der Waals surface area contributed by atoms with Crippen molar-refractivity contribution in [3.05, 3.63) is 70.8 Å². The molecule has 0 fully saturated rings. The van der Waals surface area contributed by atoms with Crippen molar-refractivity contribution >= 4 is 17.6 Å². The van der Waals surface area contributed by atoms with Gasteiger partial charge < -0.3 is 9.15 Å². The van der Waals surface area contributed by atoms with E-state index in [1.807, 2.05) is 24.4 Å². The Morgan fingerprint density at radius 2 is 2.04 bits per heavy atom. The number of rotatable bonds is 7. The number of thiazole rings is 1. The number of nitrogens with zero attached hydrogens (tertiary/aromatic N) is 3. The van der Waals surface area contributed by atoms with Crippen LogP contribution in [0.15, 0.2) is 68.9 Å². The number of furan rings is 1. The lowest BCUT2D eigenvalue weighted by Crippen LogP contribution is -2.12. The number of ether oxygens (including phenoxy) is 1. The van der Waals surface area contributed by atoms with Crippen molar-refractivity contribution in [2.75, 3.05) is 6.54 Å². The average molecular weight is 389 g/mol. The number of halogens is 2. The quantitative estimate of drug-likeness (QED) is 0.435. The van der Waals surface area contributed by atoms with Gasteiger partial charge in [0.15, 0.2) is 0 Å². The predicted octanol–water partition coefficient (Wildman–Crippen LogP) is 4.69. The lowest BCUT2D eigenvalue weighted by Gasteiger charge is -2.06. The highest BCUT2D eigenvalue weighted by Gasteiger charge is 2.09. The second-order valence-electron chi connectivity index (χ2n) is 5.44. The minimum Gasteiger partial charge on any atom is -0.460 e. The van der Waals surface area contributed by atoms with Crippen LogP contribution in [0.5, 0.6) is 5.75 Å². The number of hydrogen-bond donors (Lipinski definition) is 0. The molecule has 0 N–H and O–H groups in total. The summed E-state index contributed by atoms with van der Waals surface area (Å²) in [6.45, 7) is 3.13. The van der Waals surface area contributed by atoms with E-state index in [1.54, 1.807) is 29.1 Å². The average Bonchev–Trinajstić information content (AvgIpc) is 3.24. The van der Waals surface area contributed by atoms with Gasteiger partial charge in [-0.05, 0) is 43.3 Å². The molecule has 3 aromatic rings. The number of benzene rings is 1. The van der Waals surface area contributed by atoms with Crippen LogP contribution in [0, 0.1) is 6.92 Å². The lowest BCUT2D eigenvalue weighted by molar-refractivity contribution is -0.0498. The molecule has 0 bridgehead atoms. The van der Waals surface area contributed by atoms with Crippen molar-refractivity contribution in [1.82, 2.24) is 4.68 Å². The van der Waals surface area contributed by atoms with Crippen LogP contribution < -0.4 is 9.54 Å². The summed E-state index contributed by atoms with van der Waals surface area (Å²) in [6, 6.07) is 10.0. The molecule has 0 aliphatic carbocycles. The van der Waals surface area contributed by atoms with Crippen molar-refractivity contribution in [1.29, 1.82) is 0 Å². The summed E-state index contributed by atoms with van der Waals surface area (Å²) in [6.07, 6.45) is 3.30. The van der Waals surface area contributed by atoms with Crippen LogP contribution in [0.1, 0.15) is 11.5 Å². The fourth-order valence-electron chi connectivity index (χ4n) is 2.30. The molecule has 3 rings (SSSR count). The van der Waals surface area contributed by atoms with E-state index in [-0.39, 0.29) is 5.75 Å². The number of aromatic nitrogens is 1. The minimum absolute atomic E-state index is 0.0988. The Bertz CT molecular complexity index is 1000. The number of hydrogen-bond acceptors (Lipinski definition) is 5. The summed E-state index contributed by atoms with van der Waals surface area (Å²) in [4.78, 5) is 5.12. The van der Waals surface area contributed by atoms with Gasteiger partial charge in [0.05, 0.1) is 18.5 Å². The molecule has 0 unspecified atom stereocenters. The monoisotopic (exact) mass is 389 g/mol. The standard InChI is InChI=1S/C19H17F2N3O2S/c1-3-10-22-19-24(23-11-16-7-4-13(2)25-16)17(12-27-19)14-5-8-15(9-6-14)26-18(20)21/h3-9,11-12,18H,1,10H2,2H3/b22-19?,23-11+. The Hall–Kier alpha value is -3.00. The first kappa shape index (κ1) is 18.8. The molecule has 0 amide bonds. The van der Waals surface area contributed by atoms with Gasteiger partial charge in [0, 0.05) is 10.9 Å². The van der Waals surface area contributed by atoms with Gasteiger partial charge >= 0.3 is 6.61 Å². The Labute approximate surface area is 158 Å². The van der Waals surface area contributed by atoms with E-state index in [0.29, 0.717) is 17.1 Å². The van der Waals surface area contributed by atoms with E-state index < -0.39 is 6.61 Å². The molecular formula is C19H17F2N3O2S. The molecule has 140 valence electrons. The molecule has 0 spiro atoms. The lowest BCUT2D eigenvalue weighted by atomic mass is 10.2. The summed E-state index contributed by atoms with van der Waals surface area (Å²) in [5, 5.41) is 6.38. The van der Waals surface area contributed by atoms with E-state index in [1.165, 1.54) is 23.5 Å². The molecule has 2 heterocycles. The molecule has 5 nitrogen and oxygen atoms in total. The molecule has 0 saturated heterocycles. The van der Waals surface area contributed by atoms with Crippen LogP contribution >= 0.6 is 11.3 Å². The van der Waals surface area contributed by atoms with E-state index in [0.717, 1.165) is 17.0 Å². The van der Waals surface area contributed by atoms with Crippen molar-refractivity contribution in [3.63, 3.8) is 0 Å². The second-order valence-corrected chi connectivity index (χ2v) is 6.28. The van der Waals surface area contributed by atoms with Crippen LogP contribution in [0.2, 0.25) is 0 Å². The zero-order valence-electron chi connectivity index (χ0n) is 14.5. The normalized spacial score (nSPS) is 12.2. The zero-order chi connectivity index (χ0) is 19.2. The predicted molar refractivity (Wildman–Crippen MR) is 101 cm³/mol. The van der Waals surface area contributed by atoms with Gasteiger partial charge in [-0.15, -0.1) is 17.9 Å². The molecule has 0 aliphatic heterocycles. The third kappa shape index (κ3) is 4.79. The fourth-order valence-corrected chi connectivity index (χ4v) is 3.15. The first-order valence-corrected chi connectivity index (χ1v) is 8.93. The van der Waals surface area contributed by atoms with E-state index in [9.17, 15) is 8.78 Å². The molecule has 2 aromatic heterocycles. The SMILES string of the molecule is C=CCN=c1scc(-c2ccc(OC(F)F)cc2)n1/N=C/c1ccc(C)o1. The topological polar surface area (TPSA) is 52.0 Å². The number of alkyl halides is 2. The molecule has 27 heavy (non-hydrogen) atoms. The van der Waals surface area contributed by atoms with Gasteiger partial charge in [0.25, 0.3) is 0 Å². The first-order valence-electron chi connectivity index (χ1n) is 8.05. The van der Waals surface area contributed by atoms with Gasteiger partial charge in [-0.1, -0.05) is 6.08 Å². The van der Waals surface area contributed by atoms with Crippen LogP contribution in [0.3, 0.4) is 0 Å². The van der Waals surface area contributed by atoms with Crippen molar-refractivity contribution < 1.29 is 17.9 Å². The number of aryl methyl sites for hydroxylation is 1. The summed E-state index contributed by atoms with van der Waals surface area (Å²) in [7, 11) is 0. The Morgan fingerprint density at radius 3 is 2.67 bits per heavy atom. The smallest absolute Gasteiger partial charge is 0.387 e. The van der Waals surface area contributed by atoms with Gasteiger partial charge in [-0.3, -0.25) is 4.99 Å². The highest BCUT2D eigenvalue weighted by molar-refractivity contribution is 7.07. The summed E-state index contributed by atoms with van der Waals surface area (Å²) in [5.41, 5.74) is 1.56. The molecule has 0 atom stereocenters. The largest absolute Gasteiger partial charge is 0.460 e. The molecule has 8 heteroatoms. The van der Waals surface area contributed by atoms with E-state index in [4.69, 9.17) is 4.42 Å². The van der Waals surface area contributed by atoms with Crippen LogP contribution in [-0.4, -0.2) is 24.0 Å². The van der Waals surface area contributed by atoms with Crippen LogP contribution in [0.25, 0.3) is 11.3 Å². The molecule has 0 saturated carbocycles. The maximum Gasteiger partial charge on any atom is 0.387 e. The van der Waals surface area contributed by atoms with Gasteiger partial charge in [0.2, 0.25) is 4.80 Å². The molecule has 0 radical (unpaired) electrons. The van der Waals surface area contributed by atoms with Crippen molar-refractivity contribution in [3.8, 4) is 17.0 Å². The highest BCUT2D eigenvalue weighted by Crippen LogP contribution is 2.24. The minimum atomic E-state index is -2.85. The van der Waals surface area contributed by atoms with Gasteiger partial charge in [-0.25, -0.2) is 4.68 Å². The summed E-state index contributed by atoms with van der Waals surface area (Å²) >= 11 is 1.42. The first-order chi connectivity index (χ1) is 13.1. The summed E-state index contributed by atoms with van der Waals surface area (Å²) < 4.78 is 36.2. The van der Waals surface area contributed by atoms with E-state index >= 15 is 0 Å². The molecule has 1 aromatic carbocycles. The maximum atomic E-state index is 12.3. The third-order valence-electron chi connectivity index (χ3n) is 3.48. The Kier molecular flexibility index (Phi) is 5.97.